The Morgan fingerprint density at radius 3 is 3.11 bits per heavy atom. The van der Waals surface area contributed by atoms with E-state index < -0.39 is 0 Å². The molecule has 4 rings (SSSR count). The summed E-state index contributed by atoms with van der Waals surface area (Å²) in [4.78, 5) is 17.3. The Hall–Kier alpha value is -1.85. The van der Waals surface area contributed by atoms with Crippen molar-refractivity contribution in [1.29, 1.82) is 0 Å². The molecule has 3 heterocycles. The van der Waals surface area contributed by atoms with Gasteiger partial charge in [-0.15, -0.1) is 11.3 Å². The molecule has 1 saturated heterocycles. The van der Waals surface area contributed by atoms with Crippen LogP contribution in [0.5, 0.6) is 5.75 Å². The molecule has 2 aliphatic rings. The molecule has 4 nitrogen and oxygen atoms in total. The van der Waals surface area contributed by atoms with Gasteiger partial charge in [-0.05, 0) is 56.8 Å². The van der Waals surface area contributed by atoms with Crippen LogP contribution in [0.3, 0.4) is 0 Å². The Bertz CT molecular complexity index is 845. The van der Waals surface area contributed by atoms with E-state index in [-0.39, 0.29) is 5.91 Å². The third-order valence-corrected chi connectivity index (χ3v) is 7.20. The second-order valence-electron chi connectivity index (χ2n) is 7.91. The summed E-state index contributed by atoms with van der Waals surface area (Å²) in [5.41, 5.74) is 3.46. The number of nitrogens with zero attached hydrogens (tertiary/aromatic N) is 1. The molecule has 2 aromatic rings. The number of carbonyl (C=O) groups excluding carboxylic acids is 1. The topological polar surface area (TPSA) is 41.6 Å². The highest BCUT2D eigenvalue weighted by molar-refractivity contribution is 7.17. The van der Waals surface area contributed by atoms with Crippen molar-refractivity contribution in [3.8, 4) is 16.2 Å². The van der Waals surface area contributed by atoms with Crippen LogP contribution in [0.4, 0.5) is 0 Å². The van der Waals surface area contributed by atoms with E-state index in [2.05, 4.69) is 30.1 Å². The summed E-state index contributed by atoms with van der Waals surface area (Å²) in [6.07, 6.45) is 6.24. The summed E-state index contributed by atoms with van der Waals surface area (Å²) < 4.78 is 5.88. The Morgan fingerprint density at radius 2 is 2.25 bits per heavy atom. The Kier molecular flexibility index (Phi) is 6.02. The minimum Gasteiger partial charge on any atom is -0.488 e. The number of amides is 1. The Balaban J connectivity index is 1.35. The van der Waals surface area contributed by atoms with Crippen LogP contribution in [-0.4, -0.2) is 36.5 Å². The van der Waals surface area contributed by atoms with Crippen molar-refractivity contribution < 1.29 is 9.53 Å². The maximum absolute atomic E-state index is 12.7. The fourth-order valence-corrected chi connectivity index (χ4v) is 5.65. The van der Waals surface area contributed by atoms with Gasteiger partial charge in [0.1, 0.15) is 12.4 Å². The van der Waals surface area contributed by atoms with Gasteiger partial charge >= 0.3 is 0 Å². The number of piperidine rings is 1. The van der Waals surface area contributed by atoms with Crippen LogP contribution in [0.25, 0.3) is 10.4 Å². The first-order valence-electron chi connectivity index (χ1n) is 10.5. The van der Waals surface area contributed by atoms with Crippen LogP contribution in [0, 0.1) is 6.92 Å². The molecule has 1 amide bonds. The normalized spacial score (nSPS) is 18.9. The maximum atomic E-state index is 12.7. The van der Waals surface area contributed by atoms with Crippen LogP contribution >= 0.6 is 11.3 Å². The molecule has 1 fully saturated rings. The second kappa shape index (κ2) is 8.66. The summed E-state index contributed by atoms with van der Waals surface area (Å²) in [5, 5.41) is 3.12. The number of carbonyl (C=O) groups is 1. The van der Waals surface area contributed by atoms with Gasteiger partial charge in [0.05, 0.1) is 4.88 Å². The number of nitrogens with one attached hydrogen (secondary N) is 1. The van der Waals surface area contributed by atoms with Crippen molar-refractivity contribution in [1.82, 2.24) is 10.2 Å². The molecule has 150 valence electrons. The molecule has 1 aromatic carbocycles. The largest absolute Gasteiger partial charge is 0.488 e. The van der Waals surface area contributed by atoms with E-state index in [0.717, 1.165) is 47.3 Å². The fourth-order valence-electron chi connectivity index (χ4n) is 4.45. The maximum Gasteiger partial charge on any atom is 0.261 e. The summed E-state index contributed by atoms with van der Waals surface area (Å²) in [6, 6.07) is 8.86. The molecule has 28 heavy (non-hydrogen) atoms. The Morgan fingerprint density at radius 1 is 1.36 bits per heavy atom. The van der Waals surface area contributed by atoms with E-state index >= 15 is 0 Å². The van der Waals surface area contributed by atoms with Gasteiger partial charge in [-0.2, -0.15) is 0 Å². The summed E-state index contributed by atoms with van der Waals surface area (Å²) >= 11 is 1.59. The summed E-state index contributed by atoms with van der Waals surface area (Å²) in [5.74, 6) is 0.966. The number of thiophene rings is 1. The highest BCUT2D eigenvalue weighted by Gasteiger charge is 2.24. The summed E-state index contributed by atoms with van der Waals surface area (Å²) in [6.45, 7) is 7.96. The first-order valence-corrected chi connectivity index (χ1v) is 11.4. The van der Waals surface area contributed by atoms with Gasteiger partial charge in [-0.3, -0.25) is 4.79 Å². The van der Waals surface area contributed by atoms with Crippen molar-refractivity contribution in [2.24, 2.45) is 0 Å². The molecule has 0 radical (unpaired) electrons. The van der Waals surface area contributed by atoms with Gasteiger partial charge in [0, 0.05) is 35.1 Å². The number of benzene rings is 1. The lowest BCUT2D eigenvalue weighted by atomic mass is 10.00. The second-order valence-corrected chi connectivity index (χ2v) is 8.96. The SMILES string of the molecule is CCC1CCCCN1CCCNC(=O)c1cc2c(s1)-c1c(C)cccc1OC2. The zero-order valence-electron chi connectivity index (χ0n) is 16.9. The molecule has 1 atom stereocenters. The lowest BCUT2D eigenvalue weighted by Gasteiger charge is -2.35. The van der Waals surface area contributed by atoms with Gasteiger partial charge in [0.2, 0.25) is 0 Å². The molecule has 0 aliphatic carbocycles. The van der Waals surface area contributed by atoms with E-state index in [1.165, 1.54) is 42.7 Å². The highest BCUT2D eigenvalue weighted by atomic mass is 32.1. The number of hydrogen-bond acceptors (Lipinski definition) is 4. The number of rotatable bonds is 6. The number of aryl methyl sites for hydroxylation is 1. The smallest absolute Gasteiger partial charge is 0.261 e. The minimum absolute atomic E-state index is 0.0419. The van der Waals surface area contributed by atoms with Crippen molar-refractivity contribution in [3.63, 3.8) is 0 Å². The van der Waals surface area contributed by atoms with Crippen LogP contribution in [0.2, 0.25) is 0 Å². The highest BCUT2D eigenvalue weighted by Crippen LogP contribution is 2.44. The molecular weight excluding hydrogens is 368 g/mol. The van der Waals surface area contributed by atoms with Crippen molar-refractivity contribution in [3.05, 3.63) is 40.3 Å². The molecule has 1 aromatic heterocycles. The number of hydrogen-bond donors (Lipinski definition) is 1. The summed E-state index contributed by atoms with van der Waals surface area (Å²) in [7, 11) is 0. The predicted molar refractivity (Wildman–Crippen MR) is 115 cm³/mol. The van der Waals surface area contributed by atoms with E-state index in [1.54, 1.807) is 11.3 Å². The average molecular weight is 399 g/mol. The van der Waals surface area contributed by atoms with E-state index in [1.807, 2.05) is 18.2 Å². The first kappa shape index (κ1) is 19.5. The standard InChI is InChI=1S/C23H30N2O2S/c1-3-18-9-4-5-12-25(18)13-7-11-24-23(26)20-14-17-15-27-19-10-6-8-16(2)21(19)22(17)28-20/h6,8,10,14,18H,3-5,7,9,11-13,15H2,1-2H3,(H,24,26). The first-order chi connectivity index (χ1) is 13.7. The minimum atomic E-state index is 0.0419. The molecule has 0 bridgehead atoms. The van der Waals surface area contributed by atoms with Gasteiger partial charge in [-0.1, -0.05) is 25.5 Å². The van der Waals surface area contributed by atoms with Crippen molar-refractivity contribution in [2.45, 2.75) is 58.6 Å². The van der Waals surface area contributed by atoms with E-state index in [0.29, 0.717) is 6.61 Å². The lowest BCUT2D eigenvalue weighted by molar-refractivity contribution is 0.0951. The van der Waals surface area contributed by atoms with Crippen LogP contribution in [-0.2, 0) is 6.61 Å². The van der Waals surface area contributed by atoms with E-state index in [4.69, 9.17) is 4.74 Å². The van der Waals surface area contributed by atoms with Crippen molar-refractivity contribution >= 4 is 17.2 Å². The zero-order valence-corrected chi connectivity index (χ0v) is 17.7. The van der Waals surface area contributed by atoms with Gasteiger partial charge in [0.25, 0.3) is 5.91 Å². The lowest BCUT2D eigenvalue weighted by Crippen LogP contribution is -2.40. The third kappa shape index (κ3) is 3.96. The Labute approximate surface area is 171 Å². The van der Waals surface area contributed by atoms with Gasteiger partial charge in [-0.25, -0.2) is 0 Å². The quantitative estimate of drug-likeness (QED) is 0.696. The molecule has 1 unspecified atom stereocenters. The average Bonchev–Trinajstić information content (AvgIpc) is 3.16. The van der Waals surface area contributed by atoms with Gasteiger partial charge < -0.3 is 15.0 Å². The molecule has 0 saturated carbocycles. The molecule has 5 heteroatoms. The van der Waals surface area contributed by atoms with Crippen LogP contribution in [0.15, 0.2) is 24.3 Å². The van der Waals surface area contributed by atoms with Crippen molar-refractivity contribution in [2.75, 3.05) is 19.6 Å². The van der Waals surface area contributed by atoms with Crippen LogP contribution < -0.4 is 10.1 Å². The third-order valence-electron chi connectivity index (χ3n) is 6.01. The van der Waals surface area contributed by atoms with Gasteiger partial charge in [0.15, 0.2) is 0 Å². The predicted octanol–water partition coefficient (Wildman–Crippen LogP) is 5.00. The number of fused-ring (bicyclic) bond motifs is 3. The molecule has 2 aliphatic heterocycles. The molecule has 0 spiro atoms. The fraction of sp³-hybridized carbons (Fsp3) is 0.522. The number of likely N-dealkylation sites (tertiary alicyclic amines) is 1. The van der Waals surface area contributed by atoms with Crippen LogP contribution in [0.1, 0.15) is 59.8 Å². The molecule has 1 N–H and O–H groups in total. The molecular formula is C23H30N2O2S. The number of ether oxygens (including phenoxy) is 1. The monoisotopic (exact) mass is 398 g/mol. The van der Waals surface area contributed by atoms with E-state index in [9.17, 15) is 4.79 Å². The zero-order chi connectivity index (χ0) is 19.5.